The fourth-order valence-corrected chi connectivity index (χ4v) is 2.81. The van der Waals surface area contributed by atoms with Gasteiger partial charge in [-0.25, -0.2) is 0 Å². The molecular formula is C19H20N2O3. The lowest BCUT2D eigenvalue weighted by Crippen LogP contribution is -2.25. The Morgan fingerprint density at radius 3 is 2.88 bits per heavy atom. The first-order valence-electron chi connectivity index (χ1n) is 7.74. The summed E-state index contributed by atoms with van der Waals surface area (Å²) in [4.78, 5) is 12.5. The van der Waals surface area contributed by atoms with E-state index >= 15 is 0 Å². The van der Waals surface area contributed by atoms with E-state index in [9.17, 15) is 4.79 Å². The highest BCUT2D eigenvalue weighted by atomic mass is 16.5. The normalized spacial score (nSPS) is 11.9. The molecule has 24 heavy (non-hydrogen) atoms. The van der Waals surface area contributed by atoms with E-state index in [1.54, 1.807) is 19.1 Å². The van der Waals surface area contributed by atoms with Gasteiger partial charge in [0.05, 0.1) is 12.8 Å². The summed E-state index contributed by atoms with van der Waals surface area (Å²) >= 11 is 0. The number of allylic oxidation sites excluding steroid dienone is 1. The van der Waals surface area contributed by atoms with Gasteiger partial charge in [-0.3, -0.25) is 4.79 Å². The Kier molecular flexibility index (Phi) is 4.42. The molecule has 0 heterocycles. The first kappa shape index (κ1) is 15.9. The molecule has 0 amide bonds. The molecule has 0 spiro atoms. The number of likely N-dealkylation sites (N-methyl/N-ethyl adjacent to an activating group) is 1. The number of rotatable bonds is 6. The number of hydrogen-bond acceptors (Lipinski definition) is 4. The summed E-state index contributed by atoms with van der Waals surface area (Å²) in [5.41, 5.74) is 5.20. The summed E-state index contributed by atoms with van der Waals surface area (Å²) < 4.78 is 5.46. The molecule has 0 radical (unpaired) electrons. The van der Waals surface area contributed by atoms with Gasteiger partial charge in [0.15, 0.2) is 0 Å². The van der Waals surface area contributed by atoms with E-state index in [0.717, 1.165) is 23.5 Å². The summed E-state index contributed by atoms with van der Waals surface area (Å²) in [7, 11) is 3.34. The Morgan fingerprint density at radius 2 is 2.12 bits per heavy atom. The number of benzene rings is 2. The maximum absolute atomic E-state index is 10.8. The molecule has 0 fully saturated rings. The minimum atomic E-state index is -0.870. The van der Waals surface area contributed by atoms with Crippen LogP contribution in [-0.2, 0) is 11.2 Å². The van der Waals surface area contributed by atoms with E-state index < -0.39 is 5.97 Å². The van der Waals surface area contributed by atoms with Crippen molar-refractivity contribution in [1.29, 1.82) is 0 Å². The number of carboxylic acids is 1. The van der Waals surface area contributed by atoms with Gasteiger partial charge < -0.3 is 20.1 Å². The van der Waals surface area contributed by atoms with Crippen molar-refractivity contribution in [1.82, 2.24) is 0 Å². The van der Waals surface area contributed by atoms with Gasteiger partial charge in [0.2, 0.25) is 0 Å². The first-order valence-corrected chi connectivity index (χ1v) is 7.74. The van der Waals surface area contributed by atoms with Crippen LogP contribution in [0.1, 0.15) is 11.1 Å². The molecule has 3 rings (SSSR count). The molecule has 0 bridgehead atoms. The highest BCUT2D eigenvalue weighted by Crippen LogP contribution is 2.33. The van der Waals surface area contributed by atoms with Gasteiger partial charge in [0.25, 0.3) is 0 Å². The van der Waals surface area contributed by atoms with Crippen LogP contribution >= 0.6 is 0 Å². The first-order chi connectivity index (χ1) is 11.6. The van der Waals surface area contributed by atoms with Crippen molar-refractivity contribution in [3.8, 4) is 5.75 Å². The SMILES string of the molecule is COc1cc(N(C)CC(=O)O)ccc1Nc1ccc2c(c1)CC=C2. The Hall–Kier alpha value is -2.95. The quantitative estimate of drug-likeness (QED) is 0.851. The molecule has 2 aromatic rings. The Labute approximate surface area is 141 Å². The molecule has 0 aliphatic heterocycles. The highest BCUT2D eigenvalue weighted by molar-refractivity contribution is 5.76. The van der Waals surface area contributed by atoms with Crippen molar-refractivity contribution in [2.75, 3.05) is 30.9 Å². The third-order valence-corrected chi connectivity index (χ3v) is 4.06. The molecular weight excluding hydrogens is 304 g/mol. The zero-order valence-electron chi connectivity index (χ0n) is 13.7. The number of anilines is 3. The minimum Gasteiger partial charge on any atom is -0.494 e. The van der Waals surface area contributed by atoms with E-state index in [1.807, 2.05) is 24.3 Å². The van der Waals surface area contributed by atoms with Crippen LogP contribution in [0.4, 0.5) is 17.1 Å². The van der Waals surface area contributed by atoms with Crippen molar-refractivity contribution >= 4 is 29.1 Å². The molecule has 0 aromatic heterocycles. The molecule has 1 aliphatic rings. The summed E-state index contributed by atoms with van der Waals surface area (Å²) in [6, 6.07) is 11.9. The van der Waals surface area contributed by atoms with Gasteiger partial charge in [-0.05, 0) is 41.8 Å². The molecule has 2 N–H and O–H groups in total. The van der Waals surface area contributed by atoms with Crippen LogP contribution in [0.3, 0.4) is 0 Å². The number of hydrogen-bond donors (Lipinski definition) is 2. The summed E-state index contributed by atoms with van der Waals surface area (Å²) in [6.45, 7) is -0.0618. The second-order valence-electron chi connectivity index (χ2n) is 5.78. The fraction of sp³-hybridized carbons (Fsp3) is 0.211. The summed E-state index contributed by atoms with van der Waals surface area (Å²) in [5, 5.41) is 12.3. The molecule has 124 valence electrons. The van der Waals surface area contributed by atoms with E-state index in [4.69, 9.17) is 9.84 Å². The predicted octanol–water partition coefficient (Wildman–Crippen LogP) is 3.53. The third kappa shape index (κ3) is 3.35. The summed E-state index contributed by atoms with van der Waals surface area (Å²) in [6.07, 6.45) is 5.25. The van der Waals surface area contributed by atoms with Gasteiger partial charge in [0.1, 0.15) is 12.3 Å². The van der Waals surface area contributed by atoms with Crippen molar-refractivity contribution in [3.05, 3.63) is 53.6 Å². The number of nitrogens with one attached hydrogen (secondary N) is 1. The molecule has 2 aromatic carbocycles. The molecule has 0 unspecified atom stereocenters. The van der Waals surface area contributed by atoms with Gasteiger partial charge in [-0.1, -0.05) is 18.2 Å². The topological polar surface area (TPSA) is 61.8 Å². The number of methoxy groups -OCH3 is 1. The van der Waals surface area contributed by atoms with Crippen molar-refractivity contribution < 1.29 is 14.6 Å². The van der Waals surface area contributed by atoms with E-state index in [0.29, 0.717) is 5.75 Å². The smallest absolute Gasteiger partial charge is 0.323 e. The number of carbonyl (C=O) groups is 1. The molecule has 0 saturated carbocycles. The predicted molar refractivity (Wildman–Crippen MR) is 96.4 cm³/mol. The van der Waals surface area contributed by atoms with Gasteiger partial charge >= 0.3 is 5.97 Å². The Balaban J connectivity index is 1.82. The lowest BCUT2D eigenvalue weighted by Gasteiger charge is -2.19. The fourth-order valence-electron chi connectivity index (χ4n) is 2.81. The zero-order chi connectivity index (χ0) is 17.1. The number of carboxylic acid groups (broad SMARTS) is 1. The summed E-state index contributed by atoms with van der Waals surface area (Å²) in [5.74, 6) is -0.200. The molecule has 0 saturated heterocycles. The van der Waals surface area contributed by atoms with Crippen LogP contribution in [0.5, 0.6) is 5.75 Å². The lowest BCUT2D eigenvalue weighted by molar-refractivity contribution is -0.135. The minimum absolute atomic E-state index is 0.0618. The monoisotopic (exact) mass is 324 g/mol. The van der Waals surface area contributed by atoms with Crippen molar-refractivity contribution in [3.63, 3.8) is 0 Å². The Bertz CT molecular complexity index is 799. The number of ether oxygens (including phenoxy) is 1. The average Bonchev–Trinajstić information content (AvgIpc) is 3.02. The maximum atomic E-state index is 10.8. The Morgan fingerprint density at radius 1 is 1.29 bits per heavy atom. The van der Waals surface area contributed by atoms with Crippen molar-refractivity contribution in [2.24, 2.45) is 0 Å². The highest BCUT2D eigenvalue weighted by Gasteiger charge is 2.11. The number of fused-ring (bicyclic) bond motifs is 1. The van der Waals surface area contributed by atoms with Crippen LogP contribution in [0.25, 0.3) is 6.08 Å². The van der Waals surface area contributed by atoms with Gasteiger partial charge in [0, 0.05) is 24.5 Å². The second kappa shape index (κ2) is 6.66. The van der Waals surface area contributed by atoms with E-state index in [2.05, 4.69) is 29.6 Å². The average molecular weight is 324 g/mol. The second-order valence-corrected chi connectivity index (χ2v) is 5.78. The molecule has 5 heteroatoms. The number of nitrogens with zero attached hydrogens (tertiary/aromatic N) is 1. The van der Waals surface area contributed by atoms with Crippen LogP contribution in [0, 0.1) is 0 Å². The molecule has 5 nitrogen and oxygen atoms in total. The third-order valence-electron chi connectivity index (χ3n) is 4.06. The van der Waals surface area contributed by atoms with Crippen LogP contribution in [-0.4, -0.2) is 31.8 Å². The lowest BCUT2D eigenvalue weighted by atomic mass is 10.1. The standard InChI is InChI=1S/C19H20N2O3/c1-21(12-19(22)23)16-8-9-17(18(11-16)24-2)20-15-7-6-13-4-3-5-14(13)10-15/h3-4,6-11,20H,5,12H2,1-2H3,(H,22,23). The van der Waals surface area contributed by atoms with Crippen molar-refractivity contribution in [2.45, 2.75) is 6.42 Å². The zero-order valence-corrected chi connectivity index (χ0v) is 13.7. The number of aliphatic carboxylic acids is 1. The largest absolute Gasteiger partial charge is 0.494 e. The van der Waals surface area contributed by atoms with Gasteiger partial charge in [-0.15, -0.1) is 0 Å². The van der Waals surface area contributed by atoms with Crippen LogP contribution in [0.15, 0.2) is 42.5 Å². The van der Waals surface area contributed by atoms with Crippen LogP contribution in [0.2, 0.25) is 0 Å². The van der Waals surface area contributed by atoms with E-state index in [1.165, 1.54) is 11.1 Å². The molecule has 0 atom stereocenters. The van der Waals surface area contributed by atoms with Gasteiger partial charge in [-0.2, -0.15) is 0 Å². The van der Waals surface area contributed by atoms with Crippen LogP contribution < -0.4 is 15.0 Å². The molecule has 1 aliphatic carbocycles. The maximum Gasteiger partial charge on any atom is 0.323 e. The van der Waals surface area contributed by atoms with E-state index in [-0.39, 0.29) is 6.54 Å².